The van der Waals surface area contributed by atoms with Crippen LogP contribution >= 0.6 is 0 Å². The van der Waals surface area contributed by atoms with Crippen LogP contribution in [0.1, 0.15) is 12.8 Å². The highest BCUT2D eigenvalue weighted by Crippen LogP contribution is 2.09. The van der Waals surface area contributed by atoms with Gasteiger partial charge in [0, 0.05) is 13.2 Å². The molecule has 12 heavy (non-hydrogen) atoms. The Labute approximate surface area is 75.0 Å². The molecule has 4 nitrogen and oxygen atoms in total. The zero-order valence-electron chi connectivity index (χ0n) is 7.03. The molecule has 1 aliphatic heterocycles. The van der Waals surface area contributed by atoms with Gasteiger partial charge in [-0.3, -0.25) is 5.14 Å². The van der Waals surface area contributed by atoms with Crippen molar-refractivity contribution in [1.82, 2.24) is 0 Å². The van der Waals surface area contributed by atoms with E-state index in [4.69, 9.17) is 14.6 Å². The van der Waals surface area contributed by atoms with E-state index in [1.54, 1.807) is 0 Å². The van der Waals surface area contributed by atoms with Crippen molar-refractivity contribution in [2.24, 2.45) is 5.14 Å². The van der Waals surface area contributed by atoms with Crippen molar-refractivity contribution in [3.8, 4) is 0 Å². The zero-order chi connectivity index (χ0) is 8.81. The highest BCUT2D eigenvalue weighted by atomic mass is 32.2. The molecule has 1 fully saturated rings. The summed E-state index contributed by atoms with van der Waals surface area (Å²) < 4.78 is 21.1. The van der Waals surface area contributed by atoms with E-state index in [0.717, 1.165) is 26.1 Å². The van der Waals surface area contributed by atoms with Crippen molar-refractivity contribution in [2.45, 2.75) is 18.9 Å². The summed E-state index contributed by atoms with van der Waals surface area (Å²) in [5.41, 5.74) is 0. The summed E-state index contributed by atoms with van der Waals surface area (Å²) in [6, 6.07) is 0. The Morgan fingerprint density at radius 2 is 2.17 bits per heavy atom. The molecule has 1 atom stereocenters. The molecule has 0 aromatic carbocycles. The first kappa shape index (κ1) is 10.1. The Kier molecular flexibility index (Phi) is 4.75. The lowest BCUT2D eigenvalue weighted by atomic mass is 10.2. The largest absolute Gasteiger partial charge is 0.381 e. The molecular formula is C7H15NO3S. The van der Waals surface area contributed by atoms with Gasteiger partial charge in [-0.25, -0.2) is 4.21 Å². The predicted molar refractivity (Wildman–Crippen MR) is 47.0 cm³/mol. The number of nitrogens with two attached hydrogens (primary N) is 1. The van der Waals surface area contributed by atoms with Crippen molar-refractivity contribution in [2.75, 3.05) is 25.6 Å². The molecular weight excluding hydrogens is 178 g/mol. The Morgan fingerprint density at radius 1 is 1.50 bits per heavy atom. The van der Waals surface area contributed by atoms with E-state index in [0.29, 0.717) is 12.4 Å². The first-order valence-electron chi connectivity index (χ1n) is 4.11. The Bertz CT molecular complexity index is 148. The van der Waals surface area contributed by atoms with Gasteiger partial charge in [0.2, 0.25) is 0 Å². The van der Waals surface area contributed by atoms with Gasteiger partial charge in [-0.1, -0.05) is 0 Å². The molecule has 0 saturated carbocycles. The normalized spacial score (nSPS) is 22.4. The van der Waals surface area contributed by atoms with Crippen LogP contribution in [0.3, 0.4) is 0 Å². The summed E-state index contributed by atoms with van der Waals surface area (Å²) in [6.45, 7) is 2.04. The van der Waals surface area contributed by atoms with Crippen LogP contribution < -0.4 is 5.14 Å². The first-order chi connectivity index (χ1) is 5.79. The second kappa shape index (κ2) is 5.64. The second-order valence-corrected chi connectivity index (χ2v) is 3.94. The lowest BCUT2D eigenvalue weighted by Crippen LogP contribution is -2.25. The third kappa shape index (κ3) is 4.15. The maximum Gasteiger partial charge on any atom is 0.0911 e. The average Bonchev–Trinajstić information content (AvgIpc) is 2.05. The third-order valence-corrected chi connectivity index (χ3v) is 2.38. The van der Waals surface area contributed by atoms with E-state index in [1.807, 2.05) is 0 Å². The topological polar surface area (TPSA) is 61.6 Å². The third-order valence-electron chi connectivity index (χ3n) is 1.81. The standard InChI is InChI=1S/C7H15NO3S/c8-12(9)6-5-11-7-1-3-10-4-2-7/h7H,1-6,8H2. The first-order valence-corrected chi connectivity index (χ1v) is 5.49. The van der Waals surface area contributed by atoms with Crippen LogP contribution in [-0.2, 0) is 20.5 Å². The molecule has 0 spiro atoms. The van der Waals surface area contributed by atoms with E-state index < -0.39 is 11.0 Å². The van der Waals surface area contributed by atoms with Crippen molar-refractivity contribution in [1.29, 1.82) is 0 Å². The van der Waals surface area contributed by atoms with Crippen LogP contribution in [0.2, 0.25) is 0 Å². The maximum atomic E-state index is 10.5. The average molecular weight is 193 g/mol. The maximum absolute atomic E-state index is 10.5. The minimum absolute atomic E-state index is 0.280. The smallest absolute Gasteiger partial charge is 0.0911 e. The molecule has 1 rings (SSSR count). The minimum Gasteiger partial charge on any atom is -0.381 e. The van der Waals surface area contributed by atoms with Crippen LogP contribution in [0.5, 0.6) is 0 Å². The van der Waals surface area contributed by atoms with Gasteiger partial charge in [0.25, 0.3) is 0 Å². The summed E-state index contributed by atoms with van der Waals surface area (Å²) in [6.07, 6.45) is 2.16. The fourth-order valence-corrected chi connectivity index (χ4v) is 1.40. The number of hydrogen-bond acceptors (Lipinski definition) is 3. The molecule has 0 radical (unpaired) electrons. The van der Waals surface area contributed by atoms with Crippen LogP contribution in [0.25, 0.3) is 0 Å². The summed E-state index contributed by atoms with van der Waals surface area (Å²) in [5, 5.41) is 5.08. The van der Waals surface area contributed by atoms with Gasteiger partial charge < -0.3 is 9.47 Å². The molecule has 1 heterocycles. The highest BCUT2D eigenvalue weighted by Gasteiger charge is 2.13. The monoisotopic (exact) mass is 193 g/mol. The Balaban J connectivity index is 2.01. The number of hydrogen-bond donors (Lipinski definition) is 1. The van der Waals surface area contributed by atoms with E-state index in [1.165, 1.54) is 0 Å². The SMILES string of the molecule is NS(=O)CCOC1CCOCC1. The van der Waals surface area contributed by atoms with Gasteiger partial charge >= 0.3 is 0 Å². The summed E-state index contributed by atoms with van der Waals surface area (Å²) in [7, 11) is -1.23. The number of rotatable bonds is 4. The fraction of sp³-hybridized carbons (Fsp3) is 1.00. The Hall–Kier alpha value is 0.0300. The summed E-state index contributed by atoms with van der Waals surface area (Å²) in [5.74, 6) is 0.428. The van der Waals surface area contributed by atoms with Crippen molar-refractivity contribution >= 4 is 11.0 Å². The van der Waals surface area contributed by atoms with E-state index in [-0.39, 0.29) is 6.10 Å². The second-order valence-electron chi connectivity index (χ2n) is 2.77. The van der Waals surface area contributed by atoms with Crippen molar-refractivity contribution in [3.63, 3.8) is 0 Å². The van der Waals surface area contributed by atoms with Crippen LogP contribution in [0, 0.1) is 0 Å². The van der Waals surface area contributed by atoms with Gasteiger partial charge in [-0.2, -0.15) is 0 Å². The van der Waals surface area contributed by atoms with Crippen molar-refractivity contribution in [3.05, 3.63) is 0 Å². The quantitative estimate of drug-likeness (QED) is 0.673. The molecule has 2 N–H and O–H groups in total. The molecule has 72 valence electrons. The molecule has 0 aromatic rings. The molecule has 1 unspecified atom stereocenters. The lowest BCUT2D eigenvalue weighted by molar-refractivity contribution is -0.0265. The predicted octanol–water partition coefficient (Wildman–Crippen LogP) is -0.196. The molecule has 1 aliphatic rings. The lowest BCUT2D eigenvalue weighted by Gasteiger charge is -2.21. The van der Waals surface area contributed by atoms with Crippen molar-refractivity contribution < 1.29 is 13.7 Å². The van der Waals surface area contributed by atoms with Gasteiger partial charge in [0.05, 0.1) is 29.4 Å². The Morgan fingerprint density at radius 3 is 2.75 bits per heavy atom. The van der Waals surface area contributed by atoms with E-state index >= 15 is 0 Å². The van der Waals surface area contributed by atoms with Crippen LogP contribution in [0.4, 0.5) is 0 Å². The number of ether oxygens (including phenoxy) is 2. The minimum atomic E-state index is -1.23. The summed E-state index contributed by atoms with van der Waals surface area (Å²) >= 11 is 0. The van der Waals surface area contributed by atoms with E-state index in [9.17, 15) is 4.21 Å². The van der Waals surface area contributed by atoms with E-state index in [2.05, 4.69) is 0 Å². The van der Waals surface area contributed by atoms with Gasteiger partial charge in [0.1, 0.15) is 0 Å². The molecule has 0 bridgehead atoms. The van der Waals surface area contributed by atoms with Crippen LogP contribution in [-0.4, -0.2) is 35.9 Å². The van der Waals surface area contributed by atoms with Gasteiger partial charge in [0.15, 0.2) is 0 Å². The molecule has 0 aromatic heterocycles. The summed E-state index contributed by atoms with van der Waals surface area (Å²) in [4.78, 5) is 0. The van der Waals surface area contributed by atoms with Gasteiger partial charge in [-0.05, 0) is 12.8 Å². The fourth-order valence-electron chi connectivity index (χ4n) is 1.14. The molecule has 0 amide bonds. The molecule has 0 aliphatic carbocycles. The van der Waals surface area contributed by atoms with Crippen LogP contribution in [0.15, 0.2) is 0 Å². The highest BCUT2D eigenvalue weighted by molar-refractivity contribution is 7.82. The zero-order valence-corrected chi connectivity index (χ0v) is 7.85. The van der Waals surface area contributed by atoms with Gasteiger partial charge in [-0.15, -0.1) is 0 Å². The molecule has 1 saturated heterocycles. The molecule has 5 heteroatoms.